The number of hydrogen-bond donors (Lipinski definition) is 0. The second-order valence-corrected chi connectivity index (χ2v) is 7.73. The normalized spacial score (nSPS) is 26.2. The number of amides is 3. The van der Waals surface area contributed by atoms with E-state index in [-0.39, 0.29) is 24.5 Å². The molecule has 1 aromatic heterocycles. The Kier molecular flexibility index (Phi) is 3.83. The third kappa shape index (κ3) is 2.33. The van der Waals surface area contributed by atoms with Gasteiger partial charge in [0.05, 0.1) is 11.5 Å². The summed E-state index contributed by atoms with van der Waals surface area (Å²) in [5, 5.41) is 2.02. The summed E-state index contributed by atoms with van der Waals surface area (Å²) in [5.74, 6) is -0.141. The summed E-state index contributed by atoms with van der Waals surface area (Å²) in [6, 6.07) is 3.81. The molecule has 1 saturated carbocycles. The van der Waals surface area contributed by atoms with Crippen molar-refractivity contribution in [2.45, 2.75) is 43.6 Å². The minimum atomic E-state index is -0.576. The van der Waals surface area contributed by atoms with Crippen LogP contribution in [-0.2, 0) is 19.7 Å². The average molecular weight is 348 g/mol. The number of cyclic esters (lactones) is 1. The number of likely N-dealkylation sites (tertiary alicyclic amines) is 1. The predicted molar refractivity (Wildman–Crippen MR) is 87.6 cm³/mol. The van der Waals surface area contributed by atoms with Gasteiger partial charge in [-0.25, -0.2) is 9.69 Å². The number of rotatable bonds is 3. The molecule has 1 aliphatic carbocycles. The van der Waals surface area contributed by atoms with Gasteiger partial charge in [-0.15, -0.1) is 11.3 Å². The summed E-state index contributed by atoms with van der Waals surface area (Å²) in [7, 11) is 0. The molecule has 2 saturated heterocycles. The quantitative estimate of drug-likeness (QED) is 0.839. The highest BCUT2D eigenvalue weighted by atomic mass is 32.1. The maximum atomic E-state index is 13.3. The van der Waals surface area contributed by atoms with Crippen molar-refractivity contribution in [2.75, 3.05) is 19.7 Å². The molecule has 0 N–H and O–H groups in total. The molecular weight excluding hydrogens is 328 g/mol. The van der Waals surface area contributed by atoms with Gasteiger partial charge in [-0.05, 0) is 30.7 Å². The SMILES string of the molecule is O=C1COC(=O)N1C1CCN(C(=O)C2(c3cccs3)CCCC2)C1. The predicted octanol–water partition coefficient (Wildman–Crippen LogP) is 2.14. The van der Waals surface area contributed by atoms with Crippen molar-refractivity contribution in [1.29, 1.82) is 0 Å². The smallest absolute Gasteiger partial charge is 0.417 e. The van der Waals surface area contributed by atoms with E-state index in [1.807, 2.05) is 16.3 Å². The minimum absolute atomic E-state index is 0.157. The van der Waals surface area contributed by atoms with Crippen LogP contribution in [0.4, 0.5) is 4.79 Å². The third-order valence-corrected chi connectivity index (χ3v) is 6.53. The molecule has 128 valence electrons. The Bertz CT molecular complexity index is 650. The number of ether oxygens (including phenoxy) is 1. The topological polar surface area (TPSA) is 66.9 Å². The molecule has 3 heterocycles. The second kappa shape index (κ2) is 5.88. The Labute approximate surface area is 144 Å². The fourth-order valence-electron chi connectivity index (χ4n) is 4.25. The molecule has 24 heavy (non-hydrogen) atoms. The molecule has 3 aliphatic rings. The summed E-state index contributed by atoms with van der Waals surface area (Å²) in [6.45, 7) is 0.836. The number of thiophene rings is 1. The lowest BCUT2D eigenvalue weighted by Gasteiger charge is -2.32. The van der Waals surface area contributed by atoms with Crippen LogP contribution in [0.3, 0.4) is 0 Å². The largest absolute Gasteiger partial charge is 0.439 e. The molecule has 4 rings (SSSR count). The minimum Gasteiger partial charge on any atom is -0.439 e. The van der Waals surface area contributed by atoms with Crippen molar-refractivity contribution in [3.05, 3.63) is 22.4 Å². The van der Waals surface area contributed by atoms with Gasteiger partial charge in [0, 0.05) is 18.0 Å². The highest BCUT2D eigenvalue weighted by Crippen LogP contribution is 2.45. The first kappa shape index (κ1) is 15.6. The molecule has 1 atom stereocenters. The van der Waals surface area contributed by atoms with E-state index in [1.165, 1.54) is 4.90 Å². The molecule has 1 unspecified atom stereocenters. The maximum Gasteiger partial charge on any atom is 0.417 e. The number of hydrogen-bond acceptors (Lipinski definition) is 5. The van der Waals surface area contributed by atoms with Crippen LogP contribution in [0, 0.1) is 0 Å². The highest BCUT2D eigenvalue weighted by molar-refractivity contribution is 7.10. The van der Waals surface area contributed by atoms with E-state index in [4.69, 9.17) is 4.74 Å². The fraction of sp³-hybridized carbons (Fsp3) is 0.588. The van der Waals surface area contributed by atoms with Crippen LogP contribution in [-0.4, -0.2) is 53.4 Å². The Morgan fingerprint density at radius 3 is 2.71 bits per heavy atom. The van der Waals surface area contributed by atoms with Crippen LogP contribution in [0.2, 0.25) is 0 Å². The molecule has 3 amide bonds. The first-order valence-corrected chi connectivity index (χ1v) is 9.32. The Morgan fingerprint density at radius 1 is 1.29 bits per heavy atom. The van der Waals surface area contributed by atoms with E-state index in [9.17, 15) is 14.4 Å². The lowest BCUT2D eigenvalue weighted by Crippen LogP contribution is -2.46. The standard InChI is InChI=1S/C17H20N2O4S/c20-14-11-23-16(22)19(14)12-5-8-18(10-12)15(21)17(6-1-2-7-17)13-4-3-9-24-13/h3-4,9,12H,1-2,5-8,10-11H2. The van der Waals surface area contributed by atoms with Crippen LogP contribution < -0.4 is 0 Å². The third-order valence-electron chi connectivity index (χ3n) is 5.46. The average Bonchev–Trinajstić information content (AvgIpc) is 3.35. The lowest BCUT2D eigenvalue weighted by molar-refractivity contribution is -0.137. The van der Waals surface area contributed by atoms with E-state index in [0.717, 1.165) is 30.6 Å². The summed E-state index contributed by atoms with van der Waals surface area (Å²) in [4.78, 5) is 41.1. The van der Waals surface area contributed by atoms with Gasteiger partial charge in [0.1, 0.15) is 0 Å². The molecule has 2 aliphatic heterocycles. The van der Waals surface area contributed by atoms with Gasteiger partial charge in [0.2, 0.25) is 5.91 Å². The van der Waals surface area contributed by atoms with Gasteiger partial charge in [-0.2, -0.15) is 0 Å². The van der Waals surface area contributed by atoms with Crippen molar-refractivity contribution in [3.8, 4) is 0 Å². The summed E-state index contributed by atoms with van der Waals surface area (Å²) in [6.07, 6.45) is 3.97. The van der Waals surface area contributed by atoms with Gasteiger partial charge in [-0.3, -0.25) is 9.59 Å². The van der Waals surface area contributed by atoms with Gasteiger partial charge >= 0.3 is 6.09 Å². The second-order valence-electron chi connectivity index (χ2n) is 6.78. The molecule has 0 spiro atoms. The molecule has 7 heteroatoms. The summed E-state index contributed by atoms with van der Waals surface area (Å²) >= 11 is 1.65. The van der Waals surface area contributed by atoms with Crippen molar-refractivity contribution in [3.63, 3.8) is 0 Å². The van der Waals surface area contributed by atoms with Gasteiger partial charge < -0.3 is 9.64 Å². The zero-order valence-electron chi connectivity index (χ0n) is 13.4. The van der Waals surface area contributed by atoms with Crippen LogP contribution >= 0.6 is 11.3 Å². The van der Waals surface area contributed by atoms with Crippen LogP contribution in [0.5, 0.6) is 0 Å². The zero-order valence-corrected chi connectivity index (χ0v) is 14.2. The molecular formula is C17H20N2O4S. The highest BCUT2D eigenvalue weighted by Gasteiger charge is 2.48. The Hall–Kier alpha value is -1.89. The maximum absolute atomic E-state index is 13.3. The molecule has 3 fully saturated rings. The number of carbonyl (C=O) groups excluding carboxylic acids is 3. The van der Waals surface area contributed by atoms with Crippen molar-refractivity contribution < 1.29 is 19.1 Å². The number of carbonyl (C=O) groups is 3. The van der Waals surface area contributed by atoms with Gasteiger partial charge in [-0.1, -0.05) is 18.9 Å². The van der Waals surface area contributed by atoms with Crippen molar-refractivity contribution >= 4 is 29.2 Å². The number of imide groups is 1. The fourth-order valence-corrected chi connectivity index (χ4v) is 5.23. The van der Waals surface area contributed by atoms with E-state index in [1.54, 1.807) is 11.3 Å². The zero-order chi connectivity index (χ0) is 16.7. The molecule has 0 bridgehead atoms. The number of nitrogens with zero attached hydrogens (tertiary/aromatic N) is 2. The summed E-state index contributed by atoms with van der Waals surface area (Å²) in [5.41, 5.74) is -0.404. The van der Waals surface area contributed by atoms with E-state index < -0.39 is 11.5 Å². The lowest BCUT2D eigenvalue weighted by atomic mass is 9.83. The van der Waals surface area contributed by atoms with Crippen LogP contribution in [0.15, 0.2) is 17.5 Å². The van der Waals surface area contributed by atoms with Gasteiger partial charge in [0.15, 0.2) is 6.61 Å². The van der Waals surface area contributed by atoms with E-state index in [2.05, 4.69) is 6.07 Å². The molecule has 6 nitrogen and oxygen atoms in total. The Balaban J connectivity index is 1.53. The first-order valence-electron chi connectivity index (χ1n) is 8.44. The molecule has 0 aromatic carbocycles. The monoisotopic (exact) mass is 348 g/mol. The Morgan fingerprint density at radius 2 is 2.08 bits per heavy atom. The van der Waals surface area contributed by atoms with Crippen LogP contribution in [0.1, 0.15) is 37.0 Å². The van der Waals surface area contributed by atoms with E-state index >= 15 is 0 Å². The van der Waals surface area contributed by atoms with Crippen molar-refractivity contribution in [1.82, 2.24) is 9.80 Å². The first-order chi connectivity index (χ1) is 11.6. The molecule has 0 radical (unpaired) electrons. The van der Waals surface area contributed by atoms with Crippen LogP contribution in [0.25, 0.3) is 0 Å². The van der Waals surface area contributed by atoms with Gasteiger partial charge in [0.25, 0.3) is 5.91 Å². The van der Waals surface area contributed by atoms with Crippen molar-refractivity contribution in [2.24, 2.45) is 0 Å². The molecule has 1 aromatic rings. The van der Waals surface area contributed by atoms with E-state index in [0.29, 0.717) is 19.5 Å². The summed E-state index contributed by atoms with van der Waals surface area (Å²) < 4.78 is 4.80.